The number of benzene rings is 1. The van der Waals surface area contributed by atoms with E-state index < -0.39 is 5.97 Å². The van der Waals surface area contributed by atoms with Crippen LogP contribution in [0.15, 0.2) is 30.3 Å². The highest BCUT2D eigenvalue weighted by Crippen LogP contribution is 2.29. The molecule has 0 saturated carbocycles. The summed E-state index contributed by atoms with van der Waals surface area (Å²) in [5, 5.41) is 8.90. The first-order valence-electron chi connectivity index (χ1n) is 12.2. The number of hydrogen-bond donors (Lipinski definition) is 1. The van der Waals surface area contributed by atoms with Gasteiger partial charge in [0.1, 0.15) is 5.75 Å². The third kappa shape index (κ3) is 16.4. The van der Waals surface area contributed by atoms with E-state index in [9.17, 15) is 9.59 Å². The van der Waals surface area contributed by atoms with Crippen molar-refractivity contribution in [3.63, 3.8) is 0 Å². The van der Waals surface area contributed by atoms with Crippen LogP contribution in [0.1, 0.15) is 85.5 Å². The second kappa shape index (κ2) is 15.8. The fourth-order valence-corrected chi connectivity index (χ4v) is 3.72. The van der Waals surface area contributed by atoms with Crippen molar-refractivity contribution in [3.05, 3.63) is 30.3 Å². The molecule has 0 spiro atoms. The fourth-order valence-electron chi connectivity index (χ4n) is 3.72. The van der Waals surface area contributed by atoms with Crippen LogP contribution in [0.2, 0.25) is 0 Å². The first kappa shape index (κ1) is 29.1. The largest absolute Gasteiger partial charge is 0.481 e. The minimum atomic E-state index is -0.733. The van der Waals surface area contributed by atoms with Crippen LogP contribution in [-0.4, -0.2) is 43.5 Å². The molecule has 0 unspecified atom stereocenters. The maximum Gasteiger partial charge on any atom is 0.311 e. The lowest BCUT2D eigenvalue weighted by Gasteiger charge is -2.23. The lowest BCUT2D eigenvalue weighted by atomic mass is 9.84. The molecule has 0 aliphatic rings. The van der Waals surface area contributed by atoms with Crippen LogP contribution in [0.5, 0.6) is 5.75 Å². The number of carbonyl (C=O) groups is 2. The summed E-state index contributed by atoms with van der Waals surface area (Å²) in [5.74, 6) is -0.328. The molecule has 1 aromatic carbocycles. The van der Waals surface area contributed by atoms with Gasteiger partial charge in [-0.3, -0.25) is 9.59 Å². The molecule has 0 aliphatic carbocycles. The third-order valence-corrected chi connectivity index (χ3v) is 5.59. The zero-order valence-electron chi connectivity index (χ0n) is 21.1. The van der Waals surface area contributed by atoms with E-state index >= 15 is 0 Å². The Labute approximate surface area is 200 Å². The number of carboxylic acid groups (broad SMARTS) is 1. The summed E-state index contributed by atoms with van der Waals surface area (Å²) in [6.07, 6.45) is 7.27. The van der Waals surface area contributed by atoms with Gasteiger partial charge >= 0.3 is 11.9 Å². The number of carboxylic acids is 1. The average molecular weight is 465 g/mol. The quantitative estimate of drug-likeness (QED) is 0.148. The summed E-state index contributed by atoms with van der Waals surface area (Å²) in [7, 11) is 0. The van der Waals surface area contributed by atoms with Crippen LogP contribution in [0.25, 0.3) is 0 Å². The van der Waals surface area contributed by atoms with E-state index in [1.165, 1.54) is 0 Å². The Morgan fingerprint density at radius 1 is 0.727 bits per heavy atom. The van der Waals surface area contributed by atoms with Crippen LogP contribution >= 0.6 is 0 Å². The van der Waals surface area contributed by atoms with Gasteiger partial charge in [-0.25, -0.2) is 0 Å². The van der Waals surface area contributed by atoms with E-state index in [0.717, 1.165) is 51.6 Å². The molecule has 1 aromatic rings. The van der Waals surface area contributed by atoms with E-state index in [1.807, 2.05) is 32.0 Å². The van der Waals surface area contributed by atoms with Crippen LogP contribution in [0.4, 0.5) is 0 Å². The maximum absolute atomic E-state index is 12.1. The predicted octanol–water partition coefficient (Wildman–Crippen LogP) is 6.27. The van der Waals surface area contributed by atoms with Crippen molar-refractivity contribution in [2.75, 3.05) is 26.4 Å². The fraction of sp³-hybridized carbons (Fsp3) is 0.704. The molecule has 6 heteroatoms. The van der Waals surface area contributed by atoms with Gasteiger partial charge in [0.05, 0.1) is 12.8 Å². The highest BCUT2D eigenvalue weighted by Gasteiger charge is 2.23. The molecular weight excluding hydrogens is 420 g/mol. The molecule has 1 rings (SSSR count). The maximum atomic E-state index is 12.1. The molecular formula is C27H44O6. The monoisotopic (exact) mass is 464 g/mol. The number of carbonyl (C=O) groups excluding carboxylic acids is 1. The predicted molar refractivity (Wildman–Crippen MR) is 130 cm³/mol. The Hall–Kier alpha value is -1.92. The van der Waals surface area contributed by atoms with Gasteiger partial charge in [0, 0.05) is 26.4 Å². The van der Waals surface area contributed by atoms with Crippen molar-refractivity contribution in [1.82, 2.24) is 0 Å². The summed E-state index contributed by atoms with van der Waals surface area (Å²) in [6, 6.07) is 9.19. The Balaban J connectivity index is 1.94. The summed E-state index contributed by atoms with van der Waals surface area (Å²) in [6.45, 7) is 11.0. The smallest absolute Gasteiger partial charge is 0.311 e. The topological polar surface area (TPSA) is 82.1 Å². The molecule has 0 heterocycles. The van der Waals surface area contributed by atoms with Gasteiger partial charge < -0.3 is 19.3 Å². The highest BCUT2D eigenvalue weighted by atomic mass is 16.5. The van der Waals surface area contributed by atoms with E-state index in [4.69, 9.17) is 19.3 Å². The van der Waals surface area contributed by atoms with Gasteiger partial charge in [0.15, 0.2) is 0 Å². The van der Waals surface area contributed by atoms with Crippen LogP contribution in [-0.2, 0) is 19.1 Å². The zero-order valence-corrected chi connectivity index (χ0v) is 21.1. The van der Waals surface area contributed by atoms with Crippen molar-refractivity contribution in [1.29, 1.82) is 0 Å². The summed E-state index contributed by atoms with van der Waals surface area (Å²) < 4.78 is 16.7. The van der Waals surface area contributed by atoms with E-state index in [-0.39, 0.29) is 23.2 Å². The van der Waals surface area contributed by atoms with Crippen molar-refractivity contribution in [3.8, 4) is 5.75 Å². The Bertz CT molecular complexity index is 668. The highest BCUT2D eigenvalue weighted by molar-refractivity contribution is 5.73. The number of esters is 1. The molecule has 6 nitrogen and oxygen atoms in total. The van der Waals surface area contributed by atoms with Crippen molar-refractivity contribution in [2.24, 2.45) is 10.8 Å². The minimum Gasteiger partial charge on any atom is -0.481 e. The Morgan fingerprint density at radius 2 is 1.21 bits per heavy atom. The van der Waals surface area contributed by atoms with E-state index in [1.54, 1.807) is 12.1 Å². The van der Waals surface area contributed by atoms with Crippen molar-refractivity contribution in [2.45, 2.75) is 85.5 Å². The standard InChI is InChI=1S/C27H44O6/c1-26(2,21-24(28)29)15-8-10-17-31-19-12-20-32-18-11-9-16-27(3,4)22-25(30)33-23-13-6-5-7-14-23/h5-7,13-14H,8-12,15-22H2,1-4H3,(H,28,29). The minimum absolute atomic E-state index is 0.0947. The number of hydrogen-bond acceptors (Lipinski definition) is 5. The zero-order chi connectivity index (χ0) is 24.6. The summed E-state index contributed by atoms with van der Waals surface area (Å²) in [4.78, 5) is 23.0. The molecule has 0 fully saturated rings. The van der Waals surface area contributed by atoms with Crippen LogP contribution < -0.4 is 4.74 Å². The molecule has 188 valence electrons. The van der Waals surface area contributed by atoms with Gasteiger partial charge in [0.2, 0.25) is 0 Å². The van der Waals surface area contributed by atoms with E-state index in [0.29, 0.717) is 32.0 Å². The molecule has 0 aromatic heterocycles. The number of para-hydroxylation sites is 1. The molecule has 33 heavy (non-hydrogen) atoms. The number of aliphatic carboxylic acids is 1. The molecule has 0 saturated heterocycles. The first-order chi connectivity index (χ1) is 15.6. The number of rotatable bonds is 19. The lowest BCUT2D eigenvalue weighted by Crippen LogP contribution is -2.21. The molecule has 0 atom stereocenters. The lowest BCUT2D eigenvalue weighted by molar-refractivity contribution is -0.139. The Kier molecular flexibility index (Phi) is 14.0. The van der Waals surface area contributed by atoms with Crippen LogP contribution in [0, 0.1) is 10.8 Å². The van der Waals surface area contributed by atoms with Crippen LogP contribution in [0.3, 0.4) is 0 Å². The molecule has 0 aliphatic heterocycles. The molecule has 1 N–H and O–H groups in total. The Morgan fingerprint density at radius 3 is 1.73 bits per heavy atom. The summed E-state index contributed by atoms with van der Waals surface area (Å²) >= 11 is 0. The van der Waals surface area contributed by atoms with Gasteiger partial charge in [-0.15, -0.1) is 0 Å². The normalized spacial score (nSPS) is 12.0. The molecule has 0 radical (unpaired) electrons. The number of ether oxygens (including phenoxy) is 3. The van der Waals surface area contributed by atoms with E-state index in [2.05, 4.69) is 13.8 Å². The average Bonchev–Trinajstić information content (AvgIpc) is 2.70. The van der Waals surface area contributed by atoms with Gasteiger partial charge in [0.25, 0.3) is 0 Å². The number of unbranched alkanes of at least 4 members (excludes halogenated alkanes) is 2. The SMILES string of the molecule is CC(C)(CCCCOCCCOCCCCC(C)(C)CC(=O)Oc1ccccc1)CC(=O)O. The molecule has 0 amide bonds. The van der Waals surface area contributed by atoms with Crippen molar-refractivity contribution < 1.29 is 28.9 Å². The van der Waals surface area contributed by atoms with Gasteiger partial charge in [-0.2, -0.15) is 0 Å². The van der Waals surface area contributed by atoms with Gasteiger partial charge in [-0.05, 0) is 55.1 Å². The van der Waals surface area contributed by atoms with Gasteiger partial charge in [-0.1, -0.05) is 58.7 Å². The first-order valence-corrected chi connectivity index (χ1v) is 12.2. The second-order valence-corrected chi connectivity index (χ2v) is 10.4. The third-order valence-electron chi connectivity index (χ3n) is 5.59. The molecule has 0 bridgehead atoms. The second-order valence-electron chi connectivity index (χ2n) is 10.4. The van der Waals surface area contributed by atoms with Crippen molar-refractivity contribution >= 4 is 11.9 Å². The summed E-state index contributed by atoms with van der Waals surface area (Å²) in [5.41, 5.74) is -0.247.